The molecule has 0 aliphatic carbocycles. The molecule has 0 radical (unpaired) electrons. The number of hydrogen-bond donors (Lipinski definition) is 0. The first-order chi connectivity index (χ1) is 4.48. The quantitative estimate of drug-likeness (QED) is 0.504. The summed E-state index contributed by atoms with van der Waals surface area (Å²) in [7, 11) is 0. The van der Waals surface area contributed by atoms with E-state index < -0.39 is 0 Å². The minimum Gasteiger partial charge on any atom is -0.504 e. The smallest absolute Gasteiger partial charge is 0.504 e. The molecule has 12 heavy (non-hydrogen) atoms. The fraction of sp³-hybridized carbons (Fsp3) is 0.545. The third-order valence-electron chi connectivity index (χ3n) is 1.66. The minimum atomic E-state index is 0. The van der Waals surface area contributed by atoms with Crippen LogP contribution in [0.5, 0.6) is 0 Å². The van der Waals surface area contributed by atoms with Crippen molar-refractivity contribution >= 4 is 0 Å². The maximum Gasteiger partial charge on any atom is 1.00 e. The Bertz CT molecular complexity index is 128. The second kappa shape index (κ2) is 8.86. The fourth-order valence-electron chi connectivity index (χ4n) is 0.614. The summed E-state index contributed by atoms with van der Waals surface area (Å²) in [6.45, 7) is 14.1. The standard InChI is InChI=1S/C10H17.CH3.Rb/c1-6-7-8-9(2)10(3,4)5;;/h1-2,7-8H2,3-5H3;1H3;/q2*-1;+1. The van der Waals surface area contributed by atoms with E-state index in [1.807, 2.05) is 0 Å². The first kappa shape index (κ1) is 19.0. The molecule has 0 fully saturated rings. The van der Waals surface area contributed by atoms with Crippen LogP contribution in [-0.2, 0) is 0 Å². The molecule has 0 amide bonds. The van der Waals surface area contributed by atoms with Crippen LogP contribution in [0.15, 0.2) is 18.7 Å². The van der Waals surface area contributed by atoms with E-state index in [0.29, 0.717) is 0 Å². The molecule has 0 saturated carbocycles. The minimum absolute atomic E-state index is 0. The van der Waals surface area contributed by atoms with Crippen LogP contribution in [0.25, 0.3) is 0 Å². The van der Waals surface area contributed by atoms with Gasteiger partial charge in [0.05, 0.1) is 0 Å². The Balaban J connectivity index is -0.000000405. The Morgan fingerprint density at radius 1 is 1.33 bits per heavy atom. The van der Waals surface area contributed by atoms with E-state index >= 15 is 0 Å². The third kappa shape index (κ3) is 9.37. The van der Waals surface area contributed by atoms with Gasteiger partial charge in [0.25, 0.3) is 0 Å². The summed E-state index contributed by atoms with van der Waals surface area (Å²) in [5.74, 6) is 0. The second-order valence-electron chi connectivity index (χ2n) is 3.60. The maximum atomic E-state index is 4.00. The first-order valence-electron chi connectivity index (χ1n) is 3.66. The van der Waals surface area contributed by atoms with Gasteiger partial charge in [0.15, 0.2) is 0 Å². The predicted octanol–water partition coefficient (Wildman–Crippen LogP) is 0.812. The largest absolute Gasteiger partial charge is 1.00 e. The Morgan fingerprint density at radius 2 is 1.75 bits per heavy atom. The molecule has 0 unspecified atom stereocenters. The van der Waals surface area contributed by atoms with Gasteiger partial charge in [-0.3, -0.25) is 6.58 Å². The van der Waals surface area contributed by atoms with Crippen molar-refractivity contribution in [2.45, 2.75) is 33.6 Å². The van der Waals surface area contributed by atoms with Crippen LogP contribution >= 0.6 is 0 Å². The van der Waals surface area contributed by atoms with Crippen LogP contribution in [0.2, 0.25) is 0 Å². The number of allylic oxidation sites excluding steroid dienone is 2. The van der Waals surface area contributed by atoms with Gasteiger partial charge in [-0.2, -0.15) is 6.42 Å². The summed E-state index contributed by atoms with van der Waals surface area (Å²) in [5, 5.41) is 0. The first-order valence-corrected chi connectivity index (χ1v) is 3.66. The molecule has 0 aromatic heterocycles. The summed E-state index contributed by atoms with van der Waals surface area (Å²) in [4.78, 5) is 0. The third-order valence-corrected chi connectivity index (χ3v) is 1.66. The van der Waals surface area contributed by atoms with Crippen molar-refractivity contribution in [1.82, 2.24) is 0 Å². The van der Waals surface area contributed by atoms with E-state index in [0.717, 1.165) is 12.8 Å². The molecule has 0 saturated heterocycles. The SMILES string of the molecule is C=[C-]CCC(=C)C(C)(C)C.[CH3-].[Rb+]. The molecule has 0 nitrogen and oxygen atoms in total. The molecule has 0 heterocycles. The molecule has 0 aliphatic heterocycles. The number of hydrogen-bond acceptors (Lipinski definition) is 0. The Kier molecular flexibility index (Phi) is 14.0. The second-order valence-corrected chi connectivity index (χ2v) is 3.60. The van der Waals surface area contributed by atoms with Crippen molar-refractivity contribution in [3.63, 3.8) is 0 Å². The summed E-state index contributed by atoms with van der Waals surface area (Å²) < 4.78 is 0. The van der Waals surface area contributed by atoms with E-state index in [1.54, 1.807) is 0 Å². The van der Waals surface area contributed by atoms with Crippen LogP contribution in [0.3, 0.4) is 0 Å². The van der Waals surface area contributed by atoms with Gasteiger partial charge in [-0.05, 0) is 5.41 Å². The molecule has 0 aliphatic rings. The molecular weight excluding hydrogens is 218 g/mol. The normalized spacial score (nSPS) is 9.25. The maximum absolute atomic E-state index is 4.00. The molecule has 0 aromatic carbocycles. The van der Waals surface area contributed by atoms with Gasteiger partial charge in [0, 0.05) is 0 Å². The zero-order valence-electron chi connectivity index (χ0n) is 9.33. The molecule has 0 rings (SSSR count). The van der Waals surface area contributed by atoms with Gasteiger partial charge in [-0.25, -0.2) is 0 Å². The Hall–Kier alpha value is 1.29. The van der Waals surface area contributed by atoms with Crippen LogP contribution in [0.1, 0.15) is 33.6 Å². The van der Waals surface area contributed by atoms with Crippen LogP contribution in [-0.4, -0.2) is 0 Å². The van der Waals surface area contributed by atoms with Gasteiger partial charge in [0.1, 0.15) is 0 Å². The Labute approximate surface area is 127 Å². The Morgan fingerprint density at radius 3 is 2.00 bits per heavy atom. The zero-order valence-corrected chi connectivity index (χ0v) is 14.2. The molecule has 0 aromatic rings. The topological polar surface area (TPSA) is 0 Å². The number of rotatable bonds is 3. The summed E-state index contributed by atoms with van der Waals surface area (Å²) >= 11 is 0. The van der Waals surface area contributed by atoms with E-state index in [1.165, 1.54) is 5.57 Å². The van der Waals surface area contributed by atoms with Gasteiger partial charge in [0.2, 0.25) is 0 Å². The molecule has 0 bridgehead atoms. The van der Waals surface area contributed by atoms with E-state index in [2.05, 4.69) is 40.0 Å². The van der Waals surface area contributed by atoms with Gasteiger partial charge in [-0.1, -0.05) is 39.3 Å². The van der Waals surface area contributed by atoms with Gasteiger partial charge < -0.3 is 13.5 Å². The molecule has 1 heteroatoms. The summed E-state index contributed by atoms with van der Waals surface area (Å²) in [5.41, 5.74) is 1.53. The van der Waals surface area contributed by atoms with Crippen molar-refractivity contribution in [1.29, 1.82) is 0 Å². The van der Waals surface area contributed by atoms with Crippen molar-refractivity contribution in [2.24, 2.45) is 5.41 Å². The van der Waals surface area contributed by atoms with Crippen molar-refractivity contribution in [2.75, 3.05) is 0 Å². The van der Waals surface area contributed by atoms with Crippen LogP contribution < -0.4 is 58.2 Å². The van der Waals surface area contributed by atoms with Gasteiger partial charge >= 0.3 is 58.2 Å². The average molecular weight is 238 g/mol. The fourth-order valence-corrected chi connectivity index (χ4v) is 0.614. The van der Waals surface area contributed by atoms with Crippen LogP contribution in [0.4, 0.5) is 0 Å². The van der Waals surface area contributed by atoms with Crippen LogP contribution in [0, 0.1) is 18.9 Å². The predicted molar refractivity (Wildman–Crippen MR) is 53.1 cm³/mol. The van der Waals surface area contributed by atoms with Crippen molar-refractivity contribution < 1.29 is 58.2 Å². The molecule has 0 atom stereocenters. The van der Waals surface area contributed by atoms with E-state index in [4.69, 9.17) is 0 Å². The van der Waals surface area contributed by atoms with Crippen molar-refractivity contribution in [3.05, 3.63) is 32.2 Å². The van der Waals surface area contributed by atoms with Gasteiger partial charge in [-0.15, -0.1) is 0 Å². The van der Waals surface area contributed by atoms with Crippen molar-refractivity contribution in [3.8, 4) is 0 Å². The van der Waals surface area contributed by atoms with E-state index in [9.17, 15) is 0 Å². The average Bonchev–Trinajstić information content (AvgIpc) is 1.80. The summed E-state index contributed by atoms with van der Waals surface area (Å²) in [6, 6.07) is 0. The zero-order chi connectivity index (χ0) is 8.20. The molecule has 0 N–H and O–H groups in total. The van der Waals surface area contributed by atoms with E-state index in [-0.39, 0.29) is 71.0 Å². The summed E-state index contributed by atoms with van der Waals surface area (Å²) in [6.07, 6.45) is 4.81. The molecule has 0 spiro atoms. The molecule has 66 valence electrons. The molecular formula is C11H20Rb-. The monoisotopic (exact) mass is 237 g/mol.